The molecule has 24 heavy (non-hydrogen) atoms. The number of hydrogen-bond donors (Lipinski definition) is 0. The highest BCUT2D eigenvalue weighted by Crippen LogP contribution is 2.25. The van der Waals surface area contributed by atoms with Crippen molar-refractivity contribution in [2.24, 2.45) is 0 Å². The molecule has 0 saturated carbocycles. The van der Waals surface area contributed by atoms with Crippen molar-refractivity contribution in [2.75, 3.05) is 6.61 Å². The van der Waals surface area contributed by atoms with E-state index < -0.39 is 16.4 Å². The minimum Gasteiger partial charge on any atom is -0.470 e. The van der Waals surface area contributed by atoms with Crippen LogP contribution >= 0.6 is 0 Å². The summed E-state index contributed by atoms with van der Waals surface area (Å²) in [7, 11) is -3.39. The van der Waals surface area contributed by atoms with Crippen molar-refractivity contribution in [3.05, 3.63) is 11.6 Å². The Morgan fingerprint density at radius 1 is 1.08 bits per heavy atom. The quantitative estimate of drug-likeness (QED) is 0.396. The number of rotatable bonds is 10. The average Bonchev–Trinajstić information content (AvgIpc) is 2.74. The Labute approximate surface area is 149 Å². The molecule has 0 aromatic carbocycles. The van der Waals surface area contributed by atoms with Crippen LogP contribution < -0.4 is 0 Å². The largest absolute Gasteiger partial charge is 0.470 e. The van der Waals surface area contributed by atoms with Gasteiger partial charge in [-0.2, -0.15) is 0 Å². The second kappa shape index (κ2) is 9.10. The molecule has 4 nitrogen and oxygen atoms in total. The Kier molecular flexibility index (Phi) is 8.09. The molecule has 1 aliphatic rings. The first-order valence-electron chi connectivity index (χ1n) is 9.08. The van der Waals surface area contributed by atoms with Crippen molar-refractivity contribution in [1.29, 1.82) is 0 Å². The van der Waals surface area contributed by atoms with E-state index in [9.17, 15) is 9.59 Å². The number of carbonyl (C=O) groups excluding carboxylic acids is 2. The van der Waals surface area contributed by atoms with E-state index in [-0.39, 0.29) is 17.5 Å². The van der Waals surface area contributed by atoms with E-state index in [4.69, 9.17) is 9.16 Å². The molecule has 138 valence electrons. The third-order valence-electron chi connectivity index (χ3n) is 3.82. The fourth-order valence-electron chi connectivity index (χ4n) is 2.60. The highest BCUT2D eigenvalue weighted by atomic mass is 28.4. The van der Waals surface area contributed by atoms with E-state index in [0.717, 1.165) is 37.7 Å². The SMILES string of the molecule is C[Si](C)(C)OC1C=C(CCCCCCOC(=O)[Si](C)(C)C)C(=O)C1. The van der Waals surface area contributed by atoms with Crippen molar-refractivity contribution in [3.63, 3.8) is 0 Å². The van der Waals surface area contributed by atoms with Gasteiger partial charge in [-0.25, -0.2) is 0 Å². The highest BCUT2D eigenvalue weighted by molar-refractivity contribution is 7.02. The van der Waals surface area contributed by atoms with Gasteiger partial charge in [0.1, 0.15) is 0 Å². The summed E-state index contributed by atoms with van der Waals surface area (Å²) in [6, 6.07) is 0. The normalized spacial score (nSPS) is 18.7. The maximum atomic E-state index is 12.0. The standard InChI is InChI=1S/C18H34O4Si2/c1-23(2,3)18(20)21-12-10-8-7-9-11-15-13-16(14-17(15)19)22-24(4,5)6/h13,16H,7-12,14H2,1-6H3. The molecular weight excluding hydrogens is 336 g/mol. The summed E-state index contributed by atoms with van der Waals surface area (Å²) in [6.45, 7) is 13.0. The van der Waals surface area contributed by atoms with E-state index in [2.05, 4.69) is 19.6 Å². The number of allylic oxidation sites excluding steroid dienone is 1. The molecule has 1 unspecified atom stereocenters. The van der Waals surface area contributed by atoms with Crippen LogP contribution in [0.2, 0.25) is 39.3 Å². The van der Waals surface area contributed by atoms with Gasteiger partial charge in [-0.05, 0) is 50.6 Å². The van der Waals surface area contributed by atoms with Gasteiger partial charge in [-0.15, -0.1) is 0 Å². The van der Waals surface area contributed by atoms with Gasteiger partial charge in [0, 0.05) is 6.42 Å². The predicted molar refractivity (Wildman–Crippen MR) is 104 cm³/mol. The molecule has 0 saturated heterocycles. The lowest BCUT2D eigenvalue weighted by atomic mass is 10.1. The number of carbonyl (C=O) groups is 2. The molecule has 1 rings (SSSR count). The van der Waals surface area contributed by atoms with Crippen LogP contribution in [0, 0.1) is 0 Å². The third-order valence-corrected chi connectivity index (χ3v) is 6.20. The number of unbranched alkanes of at least 4 members (excludes halogenated alkanes) is 3. The zero-order valence-electron chi connectivity index (χ0n) is 16.2. The molecule has 0 aliphatic heterocycles. The summed E-state index contributed by atoms with van der Waals surface area (Å²) in [5.41, 5.74) is 0.945. The Morgan fingerprint density at radius 2 is 1.71 bits per heavy atom. The van der Waals surface area contributed by atoms with Crippen LogP contribution in [0.5, 0.6) is 0 Å². The summed E-state index contributed by atoms with van der Waals surface area (Å²) >= 11 is 0. The van der Waals surface area contributed by atoms with Crippen LogP contribution in [0.15, 0.2) is 11.6 Å². The topological polar surface area (TPSA) is 52.6 Å². The minimum atomic E-state index is -1.80. The van der Waals surface area contributed by atoms with Crippen molar-refractivity contribution in [1.82, 2.24) is 0 Å². The van der Waals surface area contributed by atoms with Crippen LogP contribution in [0.4, 0.5) is 4.79 Å². The Morgan fingerprint density at radius 3 is 2.29 bits per heavy atom. The lowest BCUT2D eigenvalue weighted by molar-refractivity contribution is -0.115. The third kappa shape index (κ3) is 8.39. The summed E-state index contributed by atoms with van der Waals surface area (Å²) < 4.78 is 11.3. The lowest BCUT2D eigenvalue weighted by Gasteiger charge is -2.21. The highest BCUT2D eigenvalue weighted by Gasteiger charge is 2.28. The van der Waals surface area contributed by atoms with Crippen molar-refractivity contribution in [2.45, 2.75) is 83.9 Å². The van der Waals surface area contributed by atoms with Crippen LogP contribution in [0.1, 0.15) is 38.5 Å². The summed E-state index contributed by atoms with van der Waals surface area (Å²) in [5.74, 6) is 0.252. The molecule has 0 amide bonds. The monoisotopic (exact) mass is 370 g/mol. The molecule has 0 N–H and O–H groups in total. The molecule has 6 heteroatoms. The van der Waals surface area contributed by atoms with E-state index >= 15 is 0 Å². The lowest BCUT2D eigenvalue weighted by Crippen LogP contribution is -2.34. The van der Waals surface area contributed by atoms with E-state index in [1.165, 1.54) is 0 Å². The van der Waals surface area contributed by atoms with Gasteiger partial charge >= 0.3 is 0 Å². The number of ketones is 1. The average molecular weight is 371 g/mol. The number of Topliss-reactive ketones (excluding diaryl/α,β-unsaturated/α-hetero) is 1. The fourth-order valence-corrected chi connectivity index (χ4v) is 4.19. The summed E-state index contributed by atoms with van der Waals surface area (Å²) in [5, 5.41) is 0. The van der Waals surface area contributed by atoms with Crippen LogP contribution in [0.3, 0.4) is 0 Å². The van der Waals surface area contributed by atoms with Crippen molar-refractivity contribution >= 4 is 27.8 Å². The van der Waals surface area contributed by atoms with Crippen LogP contribution in [-0.4, -0.2) is 40.5 Å². The first kappa shape index (κ1) is 21.3. The van der Waals surface area contributed by atoms with E-state index in [1.807, 2.05) is 25.7 Å². The maximum absolute atomic E-state index is 12.0. The van der Waals surface area contributed by atoms with Gasteiger partial charge < -0.3 is 9.16 Å². The fraction of sp³-hybridized carbons (Fsp3) is 0.778. The molecule has 0 fully saturated rings. The molecule has 0 radical (unpaired) electrons. The minimum absolute atomic E-state index is 0.000133. The molecule has 1 aliphatic carbocycles. The van der Waals surface area contributed by atoms with Crippen LogP contribution in [-0.2, 0) is 14.0 Å². The number of ether oxygens (including phenoxy) is 1. The molecular formula is C18H34O4Si2. The predicted octanol–water partition coefficient (Wildman–Crippen LogP) is 5.11. The van der Waals surface area contributed by atoms with E-state index in [1.54, 1.807) is 0 Å². The first-order valence-corrected chi connectivity index (χ1v) is 16.0. The van der Waals surface area contributed by atoms with Gasteiger partial charge in [0.05, 0.1) is 12.7 Å². The second-order valence-electron chi connectivity index (χ2n) is 8.64. The summed E-state index contributed by atoms with van der Waals surface area (Å²) in [4.78, 5) is 23.7. The molecule has 0 aromatic rings. The van der Waals surface area contributed by atoms with Gasteiger partial charge in [0.25, 0.3) is 5.59 Å². The molecule has 0 aromatic heterocycles. The van der Waals surface area contributed by atoms with Crippen molar-refractivity contribution in [3.8, 4) is 0 Å². The molecule has 1 atom stereocenters. The van der Waals surface area contributed by atoms with Gasteiger partial charge in [-0.1, -0.05) is 32.5 Å². The van der Waals surface area contributed by atoms with Gasteiger partial charge in [-0.3, -0.25) is 9.59 Å². The smallest absolute Gasteiger partial charge is 0.271 e. The van der Waals surface area contributed by atoms with Gasteiger partial charge in [0.15, 0.2) is 22.2 Å². The molecule has 0 spiro atoms. The first-order chi connectivity index (χ1) is 11.0. The maximum Gasteiger partial charge on any atom is 0.271 e. The summed E-state index contributed by atoms with van der Waals surface area (Å²) in [6.07, 6.45) is 7.43. The Hall–Kier alpha value is -0.726. The van der Waals surface area contributed by atoms with Crippen LogP contribution in [0.25, 0.3) is 0 Å². The Bertz CT molecular complexity index is 472. The molecule has 0 bridgehead atoms. The van der Waals surface area contributed by atoms with Gasteiger partial charge in [0.2, 0.25) is 0 Å². The Balaban J connectivity index is 2.16. The van der Waals surface area contributed by atoms with Crippen molar-refractivity contribution < 1.29 is 18.8 Å². The zero-order valence-corrected chi connectivity index (χ0v) is 18.2. The number of hydrogen-bond acceptors (Lipinski definition) is 4. The second-order valence-corrected chi connectivity index (χ2v) is 18.0. The molecule has 0 heterocycles. The zero-order chi connectivity index (χ0) is 18.4. The van der Waals surface area contributed by atoms with E-state index in [0.29, 0.717) is 13.0 Å².